The Balaban J connectivity index is 1.39. The van der Waals surface area contributed by atoms with Gasteiger partial charge < -0.3 is 13.9 Å². The first-order valence-electron chi connectivity index (χ1n) is 13.2. The van der Waals surface area contributed by atoms with E-state index in [-0.39, 0.29) is 5.56 Å². The number of carbonyl (C=O) groups is 1. The highest BCUT2D eigenvalue weighted by Crippen LogP contribution is 2.35. The van der Waals surface area contributed by atoms with Gasteiger partial charge in [0, 0.05) is 31.6 Å². The maximum absolute atomic E-state index is 14.1. The molecule has 0 unspecified atom stereocenters. The maximum atomic E-state index is 14.1. The van der Waals surface area contributed by atoms with Gasteiger partial charge in [-0.2, -0.15) is 0 Å². The van der Waals surface area contributed by atoms with Crippen LogP contribution in [0.5, 0.6) is 5.75 Å². The summed E-state index contributed by atoms with van der Waals surface area (Å²) in [5.41, 5.74) is 0.504. The zero-order chi connectivity index (χ0) is 26.8. The fourth-order valence-electron chi connectivity index (χ4n) is 5.03. The molecule has 5 aromatic rings. The van der Waals surface area contributed by atoms with Gasteiger partial charge in [0.25, 0.3) is 5.91 Å². The van der Waals surface area contributed by atoms with Crippen LogP contribution in [0.1, 0.15) is 23.7 Å². The van der Waals surface area contributed by atoms with Gasteiger partial charge in [-0.3, -0.25) is 14.6 Å². The summed E-state index contributed by atoms with van der Waals surface area (Å²) in [5, 5.41) is 3.19. The standard InChI is InChI=1S/C30H29N3O5S/c1-2-37-25-9-5-10-26-27(25)31-30(39-26)33(14-6-13-32-15-17-36-18-16-32)28(34)23-19-22-21-8-4-3-7-20(21)11-12-24(22)38-29(23)35/h3-5,7-12,19H,2,6,13-18H2,1H3. The Labute approximate surface area is 229 Å². The molecule has 2 aromatic heterocycles. The molecule has 0 N–H and O–H groups in total. The van der Waals surface area contributed by atoms with Crippen LogP contribution in [0.2, 0.25) is 0 Å². The Morgan fingerprint density at radius 2 is 1.92 bits per heavy atom. The van der Waals surface area contributed by atoms with Gasteiger partial charge in [0.1, 0.15) is 22.4 Å². The predicted molar refractivity (Wildman–Crippen MR) is 154 cm³/mol. The third-order valence-electron chi connectivity index (χ3n) is 6.98. The monoisotopic (exact) mass is 543 g/mol. The average Bonchev–Trinajstić information content (AvgIpc) is 3.40. The van der Waals surface area contributed by atoms with E-state index >= 15 is 0 Å². The van der Waals surface area contributed by atoms with E-state index in [1.807, 2.05) is 55.5 Å². The molecule has 0 aliphatic carbocycles. The molecule has 1 amide bonds. The molecule has 0 radical (unpaired) electrons. The van der Waals surface area contributed by atoms with E-state index in [2.05, 4.69) is 4.90 Å². The van der Waals surface area contributed by atoms with E-state index in [1.165, 1.54) is 11.3 Å². The van der Waals surface area contributed by atoms with E-state index in [4.69, 9.17) is 18.9 Å². The lowest BCUT2D eigenvalue weighted by Gasteiger charge is -2.27. The summed E-state index contributed by atoms with van der Waals surface area (Å²) in [6.45, 7) is 6.84. The van der Waals surface area contributed by atoms with Crippen molar-refractivity contribution in [3.05, 3.63) is 76.6 Å². The van der Waals surface area contributed by atoms with Crippen molar-refractivity contribution in [2.24, 2.45) is 0 Å². The molecular formula is C30H29N3O5S. The SMILES string of the molecule is CCOc1cccc2sc(N(CCCN3CCOCC3)C(=O)c3cc4c(ccc5ccccc54)oc3=O)nc12. The first-order valence-corrected chi connectivity index (χ1v) is 14.0. The molecule has 3 aromatic carbocycles. The summed E-state index contributed by atoms with van der Waals surface area (Å²) in [6, 6.07) is 19.0. The largest absolute Gasteiger partial charge is 0.492 e. The second kappa shape index (κ2) is 11.1. The van der Waals surface area contributed by atoms with Crippen LogP contribution in [-0.2, 0) is 4.74 Å². The molecule has 39 heavy (non-hydrogen) atoms. The van der Waals surface area contributed by atoms with Gasteiger partial charge in [0.15, 0.2) is 5.13 Å². The molecule has 200 valence electrons. The third kappa shape index (κ3) is 5.13. The lowest BCUT2D eigenvalue weighted by molar-refractivity contribution is 0.0376. The van der Waals surface area contributed by atoms with Crippen LogP contribution in [0.15, 0.2) is 69.9 Å². The van der Waals surface area contributed by atoms with Gasteiger partial charge in [-0.25, -0.2) is 9.78 Å². The summed E-state index contributed by atoms with van der Waals surface area (Å²) in [4.78, 5) is 35.9. The van der Waals surface area contributed by atoms with Crippen molar-refractivity contribution in [1.29, 1.82) is 0 Å². The Morgan fingerprint density at radius 1 is 1.08 bits per heavy atom. The zero-order valence-corrected chi connectivity index (χ0v) is 22.5. The van der Waals surface area contributed by atoms with Gasteiger partial charge in [-0.15, -0.1) is 0 Å². The number of ether oxygens (including phenoxy) is 2. The number of benzene rings is 3. The van der Waals surface area contributed by atoms with Gasteiger partial charge >= 0.3 is 5.63 Å². The van der Waals surface area contributed by atoms with Crippen molar-refractivity contribution in [2.75, 3.05) is 50.9 Å². The molecule has 1 aliphatic heterocycles. The van der Waals surface area contributed by atoms with Gasteiger partial charge in [0.2, 0.25) is 0 Å². The number of thiazole rings is 1. The summed E-state index contributed by atoms with van der Waals surface area (Å²) in [7, 11) is 0. The second-order valence-electron chi connectivity index (χ2n) is 9.44. The molecule has 8 nitrogen and oxygen atoms in total. The van der Waals surface area contributed by atoms with Gasteiger partial charge in [0.05, 0.1) is 24.5 Å². The van der Waals surface area contributed by atoms with Crippen LogP contribution in [-0.4, -0.2) is 61.8 Å². The highest BCUT2D eigenvalue weighted by molar-refractivity contribution is 7.22. The molecule has 1 saturated heterocycles. The van der Waals surface area contributed by atoms with Crippen LogP contribution >= 0.6 is 11.3 Å². The van der Waals surface area contributed by atoms with Crippen LogP contribution < -0.4 is 15.3 Å². The van der Waals surface area contributed by atoms with Crippen molar-refractivity contribution in [2.45, 2.75) is 13.3 Å². The van der Waals surface area contributed by atoms with Crippen LogP contribution in [0.4, 0.5) is 5.13 Å². The van der Waals surface area contributed by atoms with Crippen molar-refractivity contribution in [1.82, 2.24) is 9.88 Å². The third-order valence-corrected chi connectivity index (χ3v) is 8.02. The minimum atomic E-state index is -0.655. The molecule has 0 saturated carbocycles. The predicted octanol–water partition coefficient (Wildman–Crippen LogP) is 5.32. The molecule has 9 heteroatoms. The molecular weight excluding hydrogens is 514 g/mol. The lowest BCUT2D eigenvalue weighted by atomic mass is 10.0. The Kier molecular flexibility index (Phi) is 7.28. The number of nitrogens with zero attached hydrogens (tertiary/aromatic N) is 3. The maximum Gasteiger partial charge on any atom is 0.349 e. The van der Waals surface area contributed by atoms with Crippen molar-refractivity contribution >= 4 is 54.3 Å². The fourth-order valence-corrected chi connectivity index (χ4v) is 6.03. The van der Waals surface area contributed by atoms with Gasteiger partial charge in [-0.05, 0) is 48.4 Å². The summed E-state index contributed by atoms with van der Waals surface area (Å²) in [5.74, 6) is 0.257. The number of carbonyl (C=O) groups excluding carboxylic acids is 1. The number of rotatable bonds is 8. The summed E-state index contributed by atoms with van der Waals surface area (Å²) >= 11 is 1.41. The van der Waals surface area contributed by atoms with E-state index < -0.39 is 11.5 Å². The topological polar surface area (TPSA) is 85.1 Å². The van der Waals surface area contributed by atoms with Crippen LogP contribution in [0, 0.1) is 0 Å². The van der Waals surface area contributed by atoms with E-state index in [0.717, 1.165) is 46.9 Å². The molecule has 3 heterocycles. The quantitative estimate of drug-likeness (QED) is 0.193. The van der Waals surface area contributed by atoms with Crippen molar-refractivity contribution in [3.8, 4) is 5.75 Å². The van der Waals surface area contributed by atoms with Crippen LogP contribution in [0.25, 0.3) is 32.0 Å². The van der Waals surface area contributed by atoms with Crippen molar-refractivity contribution < 1.29 is 18.7 Å². The number of amides is 1. The lowest BCUT2D eigenvalue weighted by Crippen LogP contribution is -2.40. The van der Waals surface area contributed by atoms with Crippen molar-refractivity contribution in [3.63, 3.8) is 0 Å². The first kappa shape index (κ1) is 25.5. The normalized spacial score (nSPS) is 14.3. The number of aromatic nitrogens is 1. The number of para-hydroxylation sites is 1. The molecule has 1 fully saturated rings. The minimum Gasteiger partial charge on any atom is -0.492 e. The molecule has 0 atom stereocenters. The van der Waals surface area contributed by atoms with E-state index in [1.54, 1.807) is 17.0 Å². The highest BCUT2D eigenvalue weighted by atomic mass is 32.1. The number of fused-ring (bicyclic) bond motifs is 4. The number of morpholine rings is 1. The Hall–Kier alpha value is -3.79. The summed E-state index contributed by atoms with van der Waals surface area (Å²) in [6.07, 6.45) is 0.724. The minimum absolute atomic E-state index is 0.00508. The van der Waals surface area contributed by atoms with E-state index in [9.17, 15) is 9.59 Å². The number of anilines is 1. The Bertz CT molecular complexity index is 1710. The molecule has 6 rings (SSSR count). The number of hydrogen-bond acceptors (Lipinski definition) is 8. The second-order valence-corrected chi connectivity index (χ2v) is 10.5. The zero-order valence-electron chi connectivity index (χ0n) is 21.7. The van der Waals surface area contributed by atoms with Gasteiger partial charge in [-0.1, -0.05) is 47.7 Å². The molecule has 0 bridgehead atoms. The first-order chi connectivity index (χ1) is 19.1. The van der Waals surface area contributed by atoms with E-state index in [0.29, 0.717) is 48.3 Å². The smallest absolute Gasteiger partial charge is 0.349 e. The van der Waals surface area contributed by atoms with Crippen LogP contribution in [0.3, 0.4) is 0 Å². The molecule has 1 aliphatic rings. The average molecular weight is 544 g/mol. The highest BCUT2D eigenvalue weighted by Gasteiger charge is 2.26. The summed E-state index contributed by atoms with van der Waals surface area (Å²) < 4.78 is 17.8. The molecule has 0 spiro atoms. The Morgan fingerprint density at radius 3 is 2.77 bits per heavy atom. The number of hydrogen-bond donors (Lipinski definition) is 0. The fraction of sp³-hybridized carbons (Fsp3) is 0.300.